The van der Waals surface area contributed by atoms with Gasteiger partial charge in [-0.2, -0.15) is 0 Å². The number of thioether (sulfide) groups is 1. The number of nitrogens with zero attached hydrogens (tertiary/aromatic N) is 5. The van der Waals surface area contributed by atoms with Crippen molar-refractivity contribution < 1.29 is 9.59 Å². The summed E-state index contributed by atoms with van der Waals surface area (Å²) in [6.45, 7) is 8.86. The van der Waals surface area contributed by atoms with Crippen molar-refractivity contribution in [1.82, 2.24) is 24.2 Å². The SMILES string of the molecule is CCn1c(CN2CCCCCC2=O)nnc1SCC(=O)c1cc(C)n(Cc2cccs2)c1C. The molecule has 0 unspecified atom stereocenters. The molecule has 4 heterocycles. The number of Topliss-reactive ketones (excluding diaryl/α,β-unsaturated/α-hetero) is 1. The highest BCUT2D eigenvalue weighted by molar-refractivity contribution is 7.99. The van der Waals surface area contributed by atoms with E-state index in [1.54, 1.807) is 11.3 Å². The van der Waals surface area contributed by atoms with Crippen LogP contribution in [0.2, 0.25) is 0 Å². The summed E-state index contributed by atoms with van der Waals surface area (Å²) >= 11 is 3.15. The van der Waals surface area contributed by atoms with Crippen molar-refractivity contribution >= 4 is 34.8 Å². The fourth-order valence-corrected chi connectivity index (χ4v) is 5.93. The number of carbonyl (C=O) groups excluding carboxylic acids is 2. The molecule has 1 amide bonds. The highest BCUT2D eigenvalue weighted by atomic mass is 32.2. The van der Waals surface area contributed by atoms with Crippen LogP contribution in [0.15, 0.2) is 28.7 Å². The molecule has 4 rings (SSSR count). The Morgan fingerprint density at radius 1 is 1.15 bits per heavy atom. The van der Waals surface area contributed by atoms with Gasteiger partial charge in [0.05, 0.1) is 18.8 Å². The molecular formula is C24H31N5O2S2. The number of aryl methyl sites for hydroxylation is 1. The first-order valence-electron chi connectivity index (χ1n) is 11.5. The van der Waals surface area contributed by atoms with Crippen LogP contribution in [0.1, 0.15) is 65.1 Å². The second-order valence-corrected chi connectivity index (χ2v) is 10.4. The van der Waals surface area contributed by atoms with Crippen LogP contribution in [-0.4, -0.2) is 48.2 Å². The zero-order valence-electron chi connectivity index (χ0n) is 19.5. The molecule has 1 saturated heterocycles. The normalized spacial score (nSPS) is 14.6. The molecule has 0 N–H and O–H groups in total. The summed E-state index contributed by atoms with van der Waals surface area (Å²) in [7, 11) is 0. The Balaban J connectivity index is 1.43. The second kappa shape index (κ2) is 10.7. The minimum atomic E-state index is 0.0976. The van der Waals surface area contributed by atoms with Gasteiger partial charge in [0, 0.05) is 41.3 Å². The van der Waals surface area contributed by atoms with Gasteiger partial charge in [0.25, 0.3) is 0 Å². The van der Waals surface area contributed by atoms with Crippen LogP contribution in [0.3, 0.4) is 0 Å². The maximum Gasteiger partial charge on any atom is 0.222 e. The monoisotopic (exact) mass is 485 g/mol. The fourth-order valence-electron chi connectivity index (χ4n) is 4.33. The lowest BCUT2D eigenvalue weighted by molar-refractivity contribution is -0.131. The van der Waals surface area contributed by atoms with E-state index in [1.807, 2.05) is 29.4 Å². The average molecular weight is 486 g/mol. The Bertz CT molecular complexity index is 1120. The van der Waals surface area contributed by atoms with Gasteiger partial charge in [-0.05, 0) is 51.1 Å². The zero-order valence-corrected chi connectivity index (χ0v) is 21.2. The zero-order chi connectivity index (χ0) is 23.4. The third-order valence-electron chi connectivity index (χ3n) is 6.21. The first-order chi connectivity index (χ1) is 16.0. The minimum Gasteiger partial charge on any atom is -0.343 e. The summed E-state index contributed by atoms with van der Waals surface area (Å²) in [4.78, 5) is 28.6. The van der Waals surface area contributed by atoms with Crippen LogP contribution in [0.25, 0.3) is 0 Å². The molecule has 0 atom stereocenters. The second-order valence-electron chi connectivity index (χ2n) is 8.43. The van der Waals surface area contributed by atoms with E-state index >= 15 is 0 Å². The van der Waals surface area contributed by atoms with Gasteiger partial charge >= 0.3 is 0 Å². The van der Waals surface area contributed by atoms with Crippen LogP contribution < -0.4 is 0 Å². The Labute approximate surface area is 203 Å². The molecule has 0 spiro atoms. The summed E-state index contributed by atoms with van der Waals surface area (Å²) in [5.41, 5.74) is 2.87. The van der Waals surface area contributed by atoms with E-state index in [0.717, 1.165) is 60.3 Å². The number of thiophene rings is 1. The number of ketones is 1. The van der Waals surface area contributed by atoms with E-state index in [1.165, 1.54) is 16.6 Å². The Morgan fingerprint density at radius 3 is 2.76 bits per heavy atom. The van der Waals surface area contributed by atoms with Crippen molar-refractivity contribution in [3.63, 3.8) is 0 Å². The Kier molecular flexibility index (Phi) is 7.70. The van der Waals surface area contributed by atoms with E-state index in [4.69, 9.17) is 0 Å². The number of amides is 1. The van der Waals surface area contributed by atoms with Gasteiger partial charge in [-0.3, -0.25) is 9.59 Å². The number of hydrogen-bond acceptors (Lipinski definition) is 6. The molecule has 0 radical (unpaired) electrons. The molecule has 9 heteroatoms. The molecule has 0 aromatic carbocycles. The largest absolute Gasteiger partial charge is 0.343 e. The van der Waals surface area contributed by atoms with Gasteiger partial charge in [-0.15, -0.1) is 21.5 Å². The van der Waals surface area contributed by atoms with Crippen LogP contribution in [0.5, 0.6) is 0 Å². The standard InChI is InChI=1S/C24H31N5O2S2/c1-4-28-22(15-27-11-7-5-6-10-23(27)31)25-26-24(28)33-16-21(30)20-13-17(2)29(18(20)3)14-19-9-8-12-32-19/h8-9,12-13H,4-7,10-11,14-16H2,1-3H3. The van der Waals surface area contributed by atoms with Gasteiger partial charge in [0.15, 0.2) is 16.8 Å². The van der Waals surface area contributed by atoms with Crippen molar-refractivity contribution in [3.05, 3.63) is 51.2 Å². The van der Waals surface area contributed by atoms with E-state index in [2.05, 4.69) is 39.2 Å². The quantitative estimate of drug-likeness (QED) is 0.324. The Hall–Kier alpha value is -2.39. The summed E-state index contributed by atoms with van der Waals surface area (Å²) in [5, 5.41) is 11.5. The fraction of sp³-hybridized carbons (Fsp3) is 0.500. The highest BCUT2D eigenvalue weighted by Crippen LogP contribution is 2.24. The lowest BCUT2D eigenvalue weighted by Gasteiger charge is -2.20. The topological polar surface area (TPSA) is 73.0 Å². The summed E-state index contributed by atoms with van der Waals surface area (Å²) in [6.07, 6.45) is 3.71. The molecule has 1 fully saturated rings. The molecule has 1 aliphatic rings. The highest BCUT2D eigenvalue weighted by Gasteiger charge is 2.22. The number of likely N-dealkylation sites (tertiary alicyclic amines) is 1. The molecule has 7 nitrogen and oxygen atoms in total. The van der Waals surface area contributed by atoms with E-state index < -0.39 is 0 Å². The third kappa shape index (κ3) is 5.41. The van der Waals surface area contributed by atoms with Gasteiger partial charge < -0.3 is 14.0 Å². The summed E-state index contributed by atoms with van der Waals surface area (Å²) < 4.78 is 4.23. The molecule has 0 saturated carbocycles. The van der Waals surface area contributed by atoms with Crippen molar-refractivity contribution in [2.45, 2.75) is 71.2 Å². The lowest BCUT2D eigenvalue weighted by Crippen LogP contribution is -2.31. The van der Waals surface area contributed by atoms with Crippen LogP contribution in [0.4, 0.5) is 0 Å². The predicted octanol–water partition coefficient (Wildman–Crippen LogP) is 4.70. The van der Waals surface area contributed by atoms with E-state index in [0.29, 0.717) is 25.3 Å². The molecule has 3 aromatic rings. The summed E-state index contributed by atoms with van der Waals surface area (Å²) in [6, 6.07) is 6.17. The third-order valence-corrected chi connectivity index (χ3v) is 8.04. The smallest absolute Gasteiger partial charge is 0.222 e. The van der Waals surface area contributed by atoms with Crippen molar-refractivity contribution in [2.24, 2.45) is 0 Å². The van der Waals surface area contributed by atoms with Crippen molar-refractivity contribution in [2.75, 3.05) is 12.3 Å². The number of carbonyl (C=O) groups is 2. The molecule has 176 valence electrons. The lowest BCUT2D eigenvalue weighted by atomic mass is 10.2. The number of rotatable bonds is 9. The average Bonchev–Trinajstić information content (AvgIpc) is 3.48. The summed E-state index contributed by atoms with van der Waals surface area (Å²) in [5.74, 6) is 1.39. The van der Waals surface area contributed by atoms with E-state index in [-0.39, 0.29) is 11.7 Å². The predicted molar refractivity (Wildman–Crippen MR) is 132 cm³/mol. The van der Waals surface area contributed by atoms with Crippen LogP contribution in [-0.2, 0) is 24.4 Å². The van der Waals surface area contributed by atoms with Gasteiger partial charge in [0.1, 0.15) is 0 Å². The molecule has 0 bridgehead atoms. The Morgan fingerprint density at radius 2 is 2.00 bits per heavy atom. The van der Waals surface area contributed by atoms with Gasteiger partial charge in [-0.25, -0.2) is 0 Å². The molecule has 33 heavy (non-hydrogen) atoms. The maximum absolute atomic E-state index is 13.1. The molecular weight excluding hydrogens is 454 g/mol. The van der Waals surface area contributed by atoms with Crippen LogP contribution in [0, 0.1) is 13.8 Å². The number of aromatic nitrogens is 4. The first kappa shape index (κ1) is 23.8. The molecule has 1 aliphatic heterocycles. The van der Waals surface area contributed by atoms with Gasteiger partial charge in [-0.1, -0.05) is 24.2 Å². The maximum atomic E-state index is 13.1. The molecule has 0 aliphatic carbocycles. The van der Waals surface area contributed by atoms with Crippen molar-refractivity contribution in [1.29, 1.82) is 0 Å². The first-order valence-corrected chi connectivity index (χ1v) is 13.4. The van der Waals surface area contributed by atoms with Crippen molar-refractivity contribution in [3.8, 4) is 0 Å². The van der Waals surface area contributed by atoms with Gasteiger partial charge in [0.2, 0.25) is 5.91 Å². The van der Waals surface area contributed by atoms with E-state index in [9.17, 15) is 9.59 Å². The number of hydrogen-bond donors (Lipinski definition) is 0. The molecule has 3 aromatic heterocycles. The minimum absolute atomic E-state index is 0.0976. The van der Waals surface area contributed by atoms with Crippen LogP contribution >= 0.6 is 23.1 Å².